The lowest BCUT2D eigenvalue weighted by molar-refractivity contribution is -0.153. The van der Waals surface area contributed by atoms with E-state index in [2.05, 4.69) is 0 Å². The Balaban J connectivity index is 1.44. The summed E-state index contributed by atoms with van der Waals surface area (Å²) in [5.74, 6) is -0.277. The van der Waals surface area contributed by atoms with Crippen LogP contribution in [0.25, 0.3) is 5.57 Å². The van der Waals surface area contributed by atoms with Crippen LogP contribution in [-0.2, 0) is 14.3 Å². The maximum absolute atomic E-state index is 12.3. The molecule has 156 valence electrons. The predicted molar refractivity (Wildman–Crippen MR) is 110 cm³/mol. The Kier molecular flexibility index (Phi) is 7.21. The molecule has 0 atom stereocenters. The number of carbonyl (C=O) groups excluding carboxylic acids is 3. The SMILES string of the molecule is COc1cc(C=O)ccc1OCC(=O)OCC(=O)N1CC=C(c2ccccc2)CC1. The molecule has 0 fully saturated rings. The molecule has 1 amide bonds. The number of aldehydes is 1. The fraction of sp³-hybridized carbons (Fsp3) is 0.261. The Morgan fingerprint density at radius 2 is 1.87 bits per heavy atom. The van der Waals surface area contributed by atoms with E-state index in [1.165, 1.54) is 24.8 Å². The molecule has 7 heteroatoms. The van der Waals surface area contributed by atoms with E-state index in [0.29, 0.717) is 36.4 Å². The highest BCUT2D eigenvalue weighted by molar-refractivity contribution is 5.82. The van der Waals surface area contributed by atoms with Gasteiger partial charge in [0.15, 0.2) is 24.7 Å². The normalized spacial score (nSPS) is 13.2. The van der Waals surface area contributed by atoms with Crippen molar-refractivity contribution in [3.8, 4) is 11.5 Å². The lowest BCUT2D eigenvalue weighted by Gasteiger charge is -2.26. The third-order valence-corrected chi connectivity index (χ3v) is 4.73. The van der Waals surface area contributed by atoms with Crippen molar-refractivity contribution in [3.05, 3.63) is 65.7 Å². The number of ether oxygens (including phenoxy) is 3. The number of methoxy groups -OCH3 is 1. The Labute approximate surface area is 174 Å². The van der Waals surface area contributed by atoms with Gasteiger partial charge in [-0.25, -0.2) is 4.79 Å². The minimum atomic E-state index is -0.664. The second kappa shape index (κ2) is 10.2. The molecule has 0 aromatic heterocycles. The second-order valence-corrected chi connectivity index (χ2v) is 6.66. The molecule has 0 saturated heterocycles. The molecule has 7 nitrogen and oxygen atoms in total. The lowest BCUT2D eigenvalue weighted by atomic mass is 10.00. The molecule has 0 bridgehead atoms. The van der Waals surface area contributed by atoms with Crippen LogP contribution in [0.15, 0.2) is 54.6 Å². The van der Waals surface area contributed by atoms with Gasteiger partial charge in [-0.15, -0.1) is 0 Å². The maximum atomic E-state index is 12.3. The topological polar surface area (TPSA) is 82.1 Å². The smallest absolute Gasteiger partial charge is 0.344 e. The maximum Gasteiger partial charge on any atom is 0.344 e. The fourth-order valence-electron chi connectivity index (χ4n) is 3.10. The van der Waals surface area contributed by atoms with E-state index in [4.69, 9.17) is 14.2 Å². The summed E-state index contributed by atoms with van der Waals surface area (Å²) in [6.45, 7) is 0.353. The van der Waals surface area contributed by atoms with Crippen molar-refractivity contribution in [1.29, 1.82) is 0 Å². The minimum Gasteiger partial charge on any atom is -0.493 e. The first kappa shape index (κ1) is 21.1. The summed E-state index contributed by atoms with van der Waals surface area (Å²) < 4.78 is 15.6. The van der Waals surface area contributed by atoms with Crippen molar-refractivity contribution in [2.45, 2.75) is 6.42 Å². The molecule has 0 saturated carbocycles. The Morgan fingerprint density at radius 1 is 1.07 bits per heavy atom. The van der Waals surface area contributed by atoms with Gasteiger partial charge in [0, 0.05) is 18.7 Å². The van der Waals surface area contributed by atoms with Crippen molar-refractivity contribution in [2.24, 2.45) is 0 Å². The highest BCUT2D eigenvalue weighted by atomic mass is 16.6. The quantitative estimate of drug-likeness (QED) is 0.493. The fourth-order valence-corrected chi connectivity index (χ4v) is 3.10. The molecule has 1 heterocycles. The molecule has 3 rings (SSSR count). The van der Waals surface area contributed by atoms with Crippen LogP contribution in [-0.4, -0.2) is 56.5 Å². The molecule has 0 aliphatic carbocycles. The highest BCUT2D eigenvalue weighted by Crippen LogP contribution is 2.27. The first-order valence-electron chi connectivity index (χ1n) is 9.54. The molecular weight excluding hydrogens is 386 g/mol. The van der Waals surface area contributed by atoms with Gasteiger partial charge in [-0.2, -0.15) is 0 Å². The van der Waals surface area contributed by atoms with Crippen molar-refractivity contribution < 1.29 is 28.6 Å². The monoisotopic (exact) mass is 409 g/mol. The van der Waals surface area contributed by atoms with E-state index in [1.807, 2.05) is 36.4 Å². The molecule has 2 aromatic carbocycles. The van der Waals surface area contributed by atoms with Crippen LogP contribution in [0, 0.1) is 0 Å². The third-order valence-electron chi connectivity index (χ3n) is 4.73. The van der Waals surface area contributed by atoms with Crippen molar-refractivity contribution in [3.63, 3.8) is 0 Å². The van der Waals surface area contributed by atoms with E-state index >= 15 is 0 Å². The van der Waals surface area contributed by atoms with Gasteiger partial charge in [0.25, 0.3) is 5.91 Å². The van der Waals surface area contributed by atoms with E-state index in [1.54, 1.807) is 11.0 Å². The lowest BCUT2D eigenvalue weighted by Crippen LogP contribution is -2.38. The molecule has 30 heavy (non-hydrogen) atoms. The summed E-state index contributed by atoms with van der Waals surface area (Å²) in [6, 6.07) is 14.6. The standard InChI is InChI=1S/C23H23NO6/c1-28-21-13-17(14-25)7-8-20(21)29-16-23(27)30-15-22(26)24-11-9-19(10-12-24)18-5-3-2-4-6-18/h2-9,13-14H,10-12,15-16H2,1H3. The van der Waals surface area contributed by atoms with Gasteiger partial charge < -0.3 is 19.1 Å². The van der Waals surface area contributed by atoms with E-state index in [9.17, 15) is 14.4 Å². The zero-order valence-corrected chi connectivity index (χ0v) is 16.7. The van der Waals surface area contributed by atoms with Gasteiger partial charge in [-0.1, -0.05) is 36.4 Å². The number of carbonyl (C=O) groups is 3. The number of esters is 1. The molecule has 0 unspecified atom stereocenters. The van der Waals surface area contributed by atoms with E-state index in [0.717, 1.165) is 12.0 Å². The Bertz CT molecular complexity index is 938. The van der Waals surface area contributed by atoms with E-state index in [-0.39, 0.29) is 19.1 Å². The predicted octanol–water partition coefficient (Wildman–Crippen LogP) is 2.75. The largest absolute Gasteiger partial charge is 0.493 e. The number of hydrogen-bond acceptors (Lipinski definition) is 6. The minimum absolute atomic E-state index is 0.250. The van der Waals surface area contributed by atoms with Gasteiger partial charge in [0.2, 0.25) is 0 Å². The Morgan fingerprint density at radius 3 is 2.53 bits per heavy atom. The number of amides is 1. The first-order valence-corrected chi connectivity index (χ1v) is 9.54. The van der Waals surface area contributed by atoms with Crippen LogP contribution in [0.3, 0.4) is 0 Å². The molecule has 2 aromatic rings. The van der Waals surface area contributed by atoms with Gasteiger partial charge in [0.1, 0.15) is 6.29 Å². The van der Waals surface area contributed by atoms with E-state index < -0.39 is 5.97 Å². The summed E-state index contributed by atoms with van der Waals surface area (Å²) in [4.78, 5) is 36.7. The third kappa shape index (κ3) is 5.47. The van der Waals surface area contributed by atoms with Crippen molar-refractivity contribution in [2.75, 3.05) is 33.4 Å². The molecule has 0 spiro atoms. The summed E-state index contributed by atoms with van der Waals surface area (Å²) in [5, 5.41) is 0. The number of nitrogens with zero attached hydrogens (tertiary/aromatic N) is 1. The van der Waals surface area contributed by atoms with Gasteiger partial charge >= 0.3 is 5.97 Å². The second-order valence-electron chi connectivity index (χ2n) is 6.66. The average molecular weight is 409 g/mol. The van der Waals surface area contributed by atoms with Crippen LogP contribution in [0.4, 0.5) is 0 Å². The summed E-state index contributed by atoms with van der Waals surface area (Å²) >= 11 is 0. The van der Waals surface area contributed by atoms with Crippen LogP contribution in [0.1, 0.15) is 22.3 Å². The molecule has 1 aliphatic heterocycles. The van der Waals surface area contributed by atoms with Crippen LogP contribution in [0.5, 0.6) is 11.5 Å². The highest BCUT2D eigenvalue weighted by Gasteiger charge is 2.19. The zero-order chi connectivity index (χ0) is 21.3. The van der Waals surface area contributed by atoms with Gasteiger partial charge in [-0.3, -0.25) is 9.59 Å². The average Bonchev–Trinajstić information content (AvgIpc) is 2.81. The van der Waals surface area contributed by atoms with Crippen LogP contribution >= 0.6 is 0 Å². The van der Waals surface area contributed by atoms with Gasteiger partial charge in [0.05, 0.1) is 7.11 Å². The molecule has 1 aliphatic rings. The number of benzene rings is 2. The van der Waals surface area contributed by atoms with Gasteiger partial charge in [-0.05, 0) is 35.8 Å². The summed E-state index contributed by atoms with van der Waals surface area (Å²) in [7, 11) is 1.43. The zero-order valence-electron chi connectivity index (χ0n) is 16.7. The van der Waals surface area contributed by atoms with Crippen LogP contribution in [0.2, 0.25) is 0 Å². The molecule has 0 N–H and O–H groups in total. The summed E-state index contributed by atoms with van der Waals surface area (Å²) in [5.41, 5.74) is 2.79. The number of hydrogen-bond donors (Lipinski definition) is 0. The van der Waals surface area contributed by atoms with Crippen LogP contribution < -0.4 is 9.47 Å². The number of rotatable bonds is 8. The van der Waals surface area contributed by atoms with Crippen molar-refractivity contribution >= 4 is 23.7 Å². The molecule has 0 radical (unpaired) electrons. The van der Waals surface area contributed by atoms with Crippen molar-refractivity contribution in [1.82, 2.24) is 4.90 Å². The summed E-state index contributed by atoms with van der Waals surface area (Å²) in [6.07, 6.45) is 3.46. The first-order chi connectivity index (χ1) is 14.6. The molecular formula is C23H23NO6. The Hall–Kier alpha value is -3.61.